The van der Waals surface area contributed by atoms with Gasteiger partial charge in [0.15, 0.2) is 0 Å². The van der Waals surface area contributed by atoms with Crippen molar-refractivity contribution >= 4 is 16.8 Å². The van der Waals surface area contributed by atoms with Gasteiger partial charge in [0, 0.05) is 17.0 Å². The standard InChI is InChI=1S/C18H20N2O3/c1-4-22-14-7-6-13-9-16(20-15(13)10-14)18(21)19-12(3)17-8-5-11(2)23-17/h5-10,12,20H,4H2,1-3H3,(H,19,21)/t12-/m1/s1. The average Bonchev–Trinajstić information content (AvgIpc) is 3.13. The number of rotatable bonds is 5. The fraction of sp³-hybridized carbons (Fsp3) is 0.278. The van der Waals surface area contributed by atoms with E-state index in [0.717, 1.165) is 28.2 Å². The van der Waals surface area contributed by atoms with E-state index in [1.54, 1.807) is 0 Å². The van der Waals surface area contributed by atoms with Crippen LogP contribution < -0.4 is 10.1 Å². The summed E-state index contributed by atoms with van der Waals surface area (Å²) >= 11 is 0. The molecule has 0 fully saturated rings. The third kappa shape index (κ3) is 3.23. The minimum absolute atomic E-state index is 0.166. The first-order valence-corrected chi connectivity index (χ1v) is 7.69. The van der Waals surface area contributed by atoms with Crippen molar-refractivity contribution in [3.05, 3.63) is 53.6 Å². The highest BCUT2D eigenvalue weighted by Crippen LogP contribution is 2.22. The molecule has 0 aliphatic carbocycles. The molecule has 1 amide bonds. The number of carbonyl (C=O) groups is 1. The SMILES string of the molecule is CCOc1ccc2cc(C(=O)N[C@H](C)c3ccc(C)o3)[nH]c2c1. The maximum Gasteiger partial charge on any atom is 0.268 e. The van der Waals surface area contributed by atoms with Crippen molar-refractivity contribution in [2.45, 2.75) is 26.8 Å². The van der Waals surface area contributed by atoms with Crippen molar-refractivity contribution in [3.8, 4) is 5.75 Å². The fourth-order valence-electron chi connectivity index (χ4n) is 2.52. The molecule has 0 saturated carbocycles. The van der Waals surface area contributed by atoms with Crippen molar-refractivity contribution < 1.29 is 13.9 Å². The number of ether oxygens (including phenoxy) is 1. The molecular weight excluding hydrogens is 292 g/mol. The second kappa shape index (κ2) is 6.20. The molecule has 2 aromatic heterocycles. The van der Waals surface area contributed by atoms with Crippen molar-refractivity contribution in [1.82, 2.24) is 10.3 Å². The van der Waals surface area contributed by atoms with E-state index in [4.69, 9.17) is 9.15 Å². The molecular formula is C18H20N2O3. The molecule has 0 saturated heterocycles. The minimum Gasteiger partial charge on any atom is -0.494 e. The van der Waals surface area contributed by atoms with E-state index in [9.17, 15) is 4.79 Å². The lowest BCUT2D eigenvalue weighted by molar-refractivity contribution is 0.0931. The van der Waals surface area contributed by atoms with Crippen LogP contribution in [0.2, 0.25) is 0 Å². The summed E-state index contributed by atoms with van der Waals surface area (Å²) in [5.41, 5.74) is 1.39. The van der Waals surface area contributed by atoms with Crippen LogP contribution in [-0.4, -0.2) is 17.5 Å². The molecule has 1 atom stereocenters. The van der Waals surface area contributed by atoms with Gasteiger partial charge in [0.05, 0.1) is 12.6 Å². The number of H-pyrrole nitrogens is 1. The van der Waals surface area contributed by atoms with Crippen molar-refractivity contribution in [1.29, 1.82) is 0 Å². The summed E-state index contributed by atoms with van der Waals surface area (Å²) in [5.74, 6) is 2.19. The Hall–Kier alpha value is -2.69. The highest BCUT2D eigenvalue weighted by molar-refractivity contribution is 5.98. The summed E-state index contributed by atoms with van der Waals surface area (Å²) in [6, 6.07) is 11.1. The predicted molar refractivity (Wildman–Crippen MR) is 88.8 cm³/mol. The number of aryl methyl sites for hydroxylation is 1. The van der Waals surface area contributed by atoms with Crippen LogP contribution in [0, 0.1) is 6.92 Å². The first kappa shape index (κ1) is 15.2. The molecule has 0 radical (unpaired) electrons. The van der Waals surface area contributed by atoms with Crippen molar-refractivity contribution in [3.63, 3.8) is 0 Å². The van der Waals surface area contributed by atoms with Crippen molar-refractivity contribution in [2.75, 3.05) is 6.61 Å². The van der Waals surface area contributed by atoms with E-state index in [0.29, 0.717) is 12.3 Å². The van der Waals surface area contributed by atoms with Gasteiger partial charge in [0.2, 0.25) is 0 Å². The van der Waals surface area contributed by atoms with E-state index in [-0.39, 0.29) is 11.9 Å². The molecule has 2 heterocycles. The molecule has 0 aliphatic heterocycles. The Morgan fingerprint density at radius 1 is 1.30 bits per heavy atom. The Balaban J connectivity index is 1.77. The van der Waals surface area contributed by atoms with E-state index in [1.165, 1.54) is 0 Å². The van der Waals surface area contributed by atoms with E-state index >= 15 is 0 Å². The summed E-state index contributed by atoms with van der Waals surface area (Å²) in [6.07, 6.45) is 0. The average molecular weight is 312 g/mol. The lowest BCUT2D eigenvalue weighted by Gasteiger charge is -2.10. The topological polar surface area (TPSA) is 67.3 Å². The lowest BCUT2D eigenvalue weighted by Crippen LogP contribution is -2.26. The number of amides is 1. The minimum atomic E-state index is -0.193. The molecule has 5 heteroatoms. The Morgan fingerprint density at radius 3 is 2.83 bits per heavy atom. The van der Waals surface area contributed by atoms with Crippen LogP contribution in [0.15, 0.2) is 40.8 Å². The second-order valence-corrected chi connectivity index (χ2v) is 5.51. The van der Waals surface area contributed by atoms with Gasteiger partial charge in [-0.2, -0.15) is 0 Å². The number of hydrogen-bond acceptors (Lipinski definition) is 3. The van der Waals surface area contributed by atoms with Crippen LogP contribution in [-0.2, 0) is 0 Å². The first-order valence-electron chi connectivity index (χ1n) is 7.69. The van der Waals surface area contributed by atoms with Gasteiger partial charge in [-0.25, -0.2) is 0 Å². The Bertz CT molecular complexity index is 832. The first-order chi connectivity index (χ1) is 11.1. The lowest BCUT2D eigenvalue weighted by atomic mass is 10.2. The highest BCUT2D eigenvalue weighted by atomic mass is 16.5. The highest BCUT2D eigenvalue weighted by Gasteiger charge is 2.16. The van der Waals surface area contributed by atoms with Gasteiger partial charge >= 0.3 is 0 Å². The molecule has 0 bridgehead atoms. The summed E-state index contributed by atoms with van der Waals surface area (Å²) in [6.45, 7) is 6.33. The number of carbonyl (C=O) groups excluding carboxylic acids is 1. The van der Waals surface area contributed by atoms with Crippen LogP contribution >= 0.6 is 0 Å². The second-order valence-electron chi connectivity index (χ2n) is 5.51. The normalized spacial score (nSPS) is 12.3. The van der Waals surface area contributed by atoms with Gasteiger partial charge in [0.1, 0.15) is 23.0 Å². The van der Waals surface area contributed by atoms with E-state index < -0.39 is 0 Å². The zero-order valence-corrected chi connectivity index (χ0v) is 13.5. The van der Waals surface area contributed by atoms with Gasteiger partial charge in [-0.1, -0.05) is 0 Å². The predicted octanol–water partition coefficient (Wildman–Crippen LogP) is 3.96. The summed E-state index contributed by atoms with van der Waals surface area (Å²) in [4.78, 5) is 15.5. The summed E-state index contributed by atoms with van der Waals surface area (Å²) in [5, 5.41) is 3.90. The molecule has 3 rings (SSSR count). The van der Waals surface area contributed by atoms with Crippen LogP contribution in [0.1, 0.15) is 41.9 Å². The molecule has 0 aliphatic rings. The summed E-state index contributed by atoms with van der Waals surface area (Å²) in [7, 11) is 0. The smallest absolute Gasteiger partial charge is 0.268 e. The van der Waals surface area contributed by atoms with Crippen molar-refractivity contribution in [2.24, 2.45) is 0 Å². The van der Waals surface area contributed by atoms with E-state index in [2.05, 4.69) is 10.3 Å². The van der Waals surface area contributed by atoms with Crippen LogP contribution in [0.5, 0.6) is 5.75 Å². The molecule has 0 spiro atoms. The Morgan fingerprint density at radius 2 is 2.13 bits per heavy atom. The Kier molecular flexibility index (Phi) is 4.10. The third-order valence-electron chi connectivity index (χ3n) is 3.69. The maximum absolute atomic E-state index is 12.4. The zero-order chi connectivity index (χ0) is 16.4. The number of aromatic nitrogens is 1. The molecule has 23 heavy (non-hydrogen) atoms. The molecule has 120 valence electrons. The van der Waals surface area contributed by atoms with Crippen LogP contribution in [0.3, 0.4) is 0 Å². The molecule has 3 aromatic rings. The largest absolute Gasteiger partial charge is 0.494 e. The van der Waals surface area contributed by atoms with Gasteiger partial charge in [-0.3, -0.25) is 4.79 Å². The number of fused-ring (bicyclic) bond motifs is 1. The zero-order valence-electron chi connectivity index (χ0n) is 13.5. The van der Waals surface area contributed by atoms with Gasteiger partial charge < -0.3 is 19.5 Å². The molecule has 2 N–H and O–H groups in total. The monoisotopic (exact) mass is 312 g/mol. The quantitative estimate of drug-likeness (QED) is 0.749. The summed E-state index contributed by atoms with van der Waals surface area (Å²) < 4.78 is 11.0. The number of furan rings is 1. The number of benzene rings is 1. The number of aromatic amines is 1. The molecule has 0 unspecified atom stereocenters. The van der Waals surface area contributed by atoms with Crippen LogP contribution in [0.4, 0.5) is 0 Å². The Labute approximate surface area is 134 Å². The maximum atomic E-state index is 12.4. The van der Waals surface area contributed by atoms with Crippen LogP contribution in [0.25, 0.3) is 10.9 Å². The molecule has 5 nitrogen and oxygen atoms in total. The number of hydrogen-bond donors (Lipinski definition) is 2. The van der Waals surface area contributed by atoms with Gasteiger partial charge in [-0.05, 0) is 51.1 Å². The van der Waals surface area contributed by atoms with E-state index in [1.807, 2.05) is 57.2 Å². The van der Waals surface area contributed by atoms with Gasteiger partial charge in [0.25, 0.3) is 5.91 Å². The molecule has 1 aromatic carbocycles. The number of nitrogens with one attached hydrogen (secondary N) is 2. The van der Waals surface area contributed by atoms with Gasteiger partial charge in [-0.15, -0.1) is 0 Å². The fourth-order valence-corrected chi connectivity index (χ4v) is 2.52. The third-order valence-corrected chi connectivity index (χ3v) is 3.69.